The van der Waals surface area contributed by atoms with E-state index in [1.54, 1.807) is 29.3 Å². The van der Waals surface area contributed by atoms with Crippen LogP contribution in [-0.2, 0) is 10.9 Å². The highest BCUT2D eigenvalue weighted by molar-refractivity contribution is 6.10. The number of hydrazine groups is 1. The lowest BCUT2D eigenvalue weighted by molar-refractivity contribution is -0.137. The third kappa shape index (κ3) is 4.92. The third-order valence-electron chi connectivity index (χ3n) is 7.23. The molecule has 1 saturated heterocycles. The van der Waals surface area contributed by atoms with Gasteiger partial charge in [0, 0.05) is 35.8 Å². The number of carbonyl (C=O) groups is 1. The van der Waals surface area contributed by atoms with Crippen LogP contribution in [0.2, 0.25) is 0 Å². The van der Waals surface area contributed by atoms with Crippen molar-refractivity contribution in [1.82, 2.24) is 10.4 Å². The van der Waals surface area contributed by atoms with Crippen molar-refractivity contribution in [3.05, 3.63) is 83.3 Å². The van der Waals surface area contributed by atoms with Crippen molar-refractivity contribution < 1.29 is 31.8 Å². The summed E-state index contributed by atoms with van der Waals surface area (Å²) >= 11 is 0. The number of pyridine rings is 1. The monoisotopic (exact) mass is 577 g/mol. The Morgan fingerprint density at radius 3 is 2.55 bits per heavy atom. The van der Waals surface area contributed by atoms with Gasteiger partial charge in [-0.05, 0) is 24.3 Å². The molecule has 1 aromatic heterocycles. The number of hydrogen-bond donors (Lipinski definition) is 1. The van der Waals surface area contributed by atoms with Gasteiger partial charge in [-0.2, -0.15) is 18.4 Å². The highest BCUT2D eigenvalue weighted by Crippen LogP contribution is 2.40. The quantitative estimate of drug-likeness (QED) is 0.329. The van der Waals surface area contributed by atoms with Gasteiger partial charge in [-0.1, -0.05) is 30.3 Å². The second-order valence-electron chi connectivity index (χ2n) is 9.72. The fourth-order valence-electron chi connectivity index (χ4n) is 5.29. The summed E-state index contributed by atoms with van der Waals surface area (Å²) in [5.41, 5.74) is 2.74. The topological polar surface area (TPSA) is 90.7 Å². The summed E-state index contributed by atoms with van der Waals surface area (Å²) in [6, 6.07) is 14.8. The minimum atomic E-state index is -4.83. The van der Waals surface area contributed by atoms with E-state index < -0.39 is 29.0 Å². The third-order valence-corrected chi connectivity index (χ3v) is 7.23. The molecule has 1 N–H and O–H groups in total. The van der Waals surface area contributed by atoms with Gasteiger partial charge in [0.2, 0.25) is 0 Å². The zero-order chi connectivity index (χ0) is 29.4. The molecule has 2 aliphatic rings. The molecular formula is C30H23F4N5O3. The standard InChI is InChI=1S/C30H23F4N5O3/c31-24-15-18(30(32,33)34)14-21(22(24)16-35)19-4-3-5-20-27(19)36-17-23(28(20)38-8-11-41-12-9-38)29(40)37-39-10-13-42-26-7-2-1-6-25(26)39/h1-7,14-15,17H,8-13H2,(H,37,40). The molecule has 0 bridgehead atoms. The van der Waals surface area contributed by atoms with Gasteiger partial charge in [0.1, 0.15) is 24.2 Å². The highest BCUT2D eigenvalue weighted by Gasteiger charge is 2.33. The lowest BCUT2D eigenvalue weighted by Gasteiger charge is -2.33. The molecule has 4 aromatic rings. The van der Waals surface area contributed by atoms with Crippen LogP contribution in [0.25, 0.3) is 22.0 Å². The SMILES string of the molecule is N#Cc1c(F)cc(C(F)(F)F)cc1-c1cccc2c(N3CCOCC3)c(C(=O)NN3CCOc4ccccc43)cnc12. The Morgan fingerprint density at radius 2 is 1.79 bits per heavy atom. The van der Waals surface area contributed by atoms with Gasteiger partial charge in [0.05, 0.1) is 53.3 Å². The van der Waals surface area contributed by atoms with Crippen LogP contribution >= 0.6 is 0 Å². The lowest BCUT2D eigenvalue weighted by atomic mass is 9.94. The first kappa shape index (κ1) is 27.3. The zero-order valence-corrected chi connectivity index (χ0v) is 22.0. The number of hydrogen-bond acceptors (Lipinski definition) is 7. The predicted octanol–water partition coefficient (Wildman–Crippen LogP) is 5.31. The van der Waals surface area contributed by atoms with Crippen molar-refractivity contribution in [2.75, 3.05) is 49.4 Å². The molecule has 3 aromatic carbocycles. The summed E-state index contributed by atoms with van der Waals surface area (Å²) in [6.07, 6.45) is -3.47. The van der Waals surface area contributed by atoms with Crippen molar-refractivity contribution in [2.24, 2.45) is 0 Å². The first-order valence-corrected chi connectivity index (χ1v) is 13.1. The van der Waals surface area contributed by atoms with Crippen molar-refractivity contribution >= 4 is 28.2 Å². The molecule has 0 atom stereocenters. The number of halogens is 4. The van der Waals surface area contributed by atoms with Gasteiger partial charge in [-0.15, -0.1) is 0 Å². The van der Waals surface area contributed by atoms with E-state index in [-0.39, 0.29) is 22.2 Å². The first-order valence-electron chi connectivity index (χ1n) is 13.1. The molecule has 1 amide bonds. The lowest BCUT2D eigenvalue weighted by Crippen LogP contribution is -2.47. The van der Waals surface area contributed by atoms with E-state index in [0.717, 1.165) is 6.07 Å². The van der Waals surface area contributed by atoms with E-state index in [0.29, 0.717) is 68.0 Å². The van der Waals surface area contributed by atoms with E-state index in [4.69, 9.17) is 9.47 Å². The molecule has 8 nitrogen and oxygen atoms in total. The first-order chi connectivity index (χ1) is 20.3. The molecule has 6 rings (SSSR count). The Bertz CT molecular complexity index is 1730. The predicted molar refractivity (Wildman–Crippen MR) is 147 cm³/mol. The van der Waals surface area contributed by atoms with Crippen LogP contribution in [0.1, 0.15) is 21.5 Å². The maximum absolute atomic E-state index is 14.8. The van der Waals surface area contributed by atoms with Gasteiger partial charge < -0.3 is 14.4 Å². The van der Waals surface area contributed by atoms with Crippen LogP contribution in [0.5, 0.6) is 5.75 Å². The molecule has 12 heteroatoms. The minimum absolute atomic E-state index is 0.137. The number of ether oxygens (including phenoxy) is 2. The molecule has 3 heterocycles. The summed E-state index contributed by atoms with van der Waals surface area (Å²) in [5, 5.41) is 11.8. The summed E-state index contributed by atoms with van der Waals surface area (Å²) in [5.74, 6) is -1.11. The molecule has 0 radical (unpaired) electrons. The molecule has 0 aliphatic carbocycles. The maximum atomic E-state index is 14.8. The number of benzene rings is 3. The van der Waals surface area contributed by atoms with Crippen LogP contribution in [0.4, 0.5) is 28.9 Å². The number of morpholine rings is 1. The number of nitrogens with one attached hydrogen (secondary N) is 1. The smallest absolute Gasteiger partial charge is 0.416 e. The Morgan fingerprint density at radius 1 is 1.00 bits per heavy atom. The Kier molecular flexibility index (Phi) is 7.04. The molecule has 1 fully saturated rings. The summed E-state index contributed by atoms with van der Waals surface area (Å²) in [4.78, 5) is 20.2. The van der Waals surface area contributed by atoms with Crippen molar-refractivity contribution in [3.8, 4) is 22.9 Å². The Balaban J connectivity index is 1.50. The Labute approximate surface area is 237 Å². The van der Waals surface area contributed by atoms with Gasteiger partial charge >= 0.3 is 6.18 Å². The molecule has 42 heavy (non-hydrogen) atoms. The summed E-state index contributed by atoms with van der Waals surface area (Å²) in [6.45, 7) is 2.47. The van der Waals surface area contributed by atoms with E-state index in [2.05, 4.69) is 10.4 Å². The number of aromatic nitrogens is 1. The number of alkyl halides is 3. The molecular weight excluding hydrogens is 554 g/mol. The zero-order valence-electron chi connectivity index (χ0n) is 22.0. The van der Waals surface area contributed by atoms with Crippen LogP contribution in [0.3, 0.4) is 0 Å². The van der Waals surface area contributed by atoms with Gasteiger partial charge in [-0.3, -0.25) is 20.2 Å². The summed E-state index contributed by atoms with van der Waals surface area (Å²) in [7, 11) is 0. The summed E-state index contributed by atoms with van der Waals surface area (Å²) < 4.78 is 66.8. The number of nitrogens with zero attached hydrogens (tertiary/aromatic N) is 4. The number of anilines is 2. The number of carbonyl (C=O) groups excluding carboxylic acids is 1. The number of nitriles is 1. The van der Waals surface area contributed by atoms with Crippen LogP contribution < -0.4 is 20.1 Å². The number of fused-ring (bicyclic) bond motifs is 2. The van der Waals surface area contributed by atoms with Crippen LogP contribution in [0, 0.1) is 17.1 Å². The molecule has 2 aliphatic heterocycles. The average molecular weight is 578 g/mol. The average Bonchev–Trinajstić information content (AvgIpc) is 3.00. The van der Waals surface area contributed by atoms with Crippen molar-refractivity contribution in [3.63, 3.8) is 0 Å². The van der Waals surface area contributed by atoms with Gasteiger partial charge in [0.25, 0.3) is 5.91 Å². The normalized spacial score (nSPS) is 15.1. The second-order valence-corrected chi connectivity index (χ2v) is 9.72. The van der Waals surface area contributed by atoms with E-state index >= 15 is 0 Å². The van der Waals surface area contributed by atoms with Gasteiger partial charge in [0.15, 0.2) is 0 Å². The Hall–Kier alpha value is -4.89. The number of rotatable bonds is 4. The molecule has 214 valence electrons. The van der Waals surface area contributed by atoms with E-state index in [9.17, 15) is 27.6 Å². The fraction of sp³-hybridized carbons (Fsp3) is 0.233. The molecule has 0 spiro atoms. The van der Waals surface area contributed by atoms with E-state index in [1.165, 1.54) is 12.3 Å². The largest absolute Gasteiger partial charge is 0.489 e. The van der Waals surface area contributed by atoms with Crippen molar-refractivity contribution in [1.29, 1.82) is 5.26 Å². The minimum Gasteiger partial charge on any atom is -0.489 e. The van der Waals surface area contributed by atoms with Crippen LogP contribution in [-0.4, -0.2) is 50.3 Å². The van der Waals surface area contributed by atoms with Crippen molar-refractivity contribution in [2.45, 2.75) is 6.18 Å². The molecule has 0 saturated carbocycles. The van der Waals surface area contributed by atoms with Crippen LogP contribution in [0.15, 0.2) is 60.8 Å². The number of para-hydroxylation sites is 3. The number of amides is 1. The fourth-order valence-corrected chi connectivity index (χ4v) is 5.29. The second kappa shape index (κ2) is 10.8. The van der Waals surface area contributed by atoms with E-state index in [1.807, 2.05) is 23.1 Å². The van der Waals surface area contributed by atoms with Gasteiger partial charge in [-0.25, -0.2) is 4.39 Å². The highest BCUT2D eigenvalue weighted by atomic mass is 19.4. The molecule has 0 unspecified atom stereocenters. The maximum Gasteiger partial charge on any atom is 0.416 e.